The summed E-state index contributed by atoms with van der Waals surface area (Å²) in [5.41, 5.74) is -0.595. The summed E-state index contributed by atoms with van der Waals surface area (Å²) in [6.07, 6.45) is -2.86. The molecule has 1 aromatic heterocycles. The van der Waals surface area contributed by atoms with Gasteiger partial charge in [-0.25, -0.2) is 14.2 Å². The van der Waals surface area contributed by atoms with E-state index >= 15 is 0 Å². The summed E-state index contributed by atoms with van der Waals surface area (Å²) in [4.78, 5) is 50.4. The number of ether oxygens (including phenoxy) is 3. The number of esters is 1. The number of aryl methyl sites for hydroxylation is 1. The van der Waals surface area contributed by atoms with Crippen molar-refractivity contribution in [3.05, 3.63) is 122 Å². The average Bonchev–Trinajstić information content (AvgIpc) is 3.15. The van der Waals surface area contributed by atoms with E-state index in [1.165, 1.54) is 48.7 Å². The standard InChI is InChI=1S/C25H25F3N2O6.C14H21NOS/c1-5-16-6-7-17(20(12-16)36-15(2)23(32)34-4)14-35-19-10-8-18(9-11-19)30-22(31)13-21(25(26,27)28)29(3)24(30)33;1-3-10-15(11-4-2)14(16)17-12-13-8-6-5-7-9-13/h6-13,15H,5,14H2,1-4H3;5-9H,3-4,10-12H2,1-2H3. The molecule has 4 rings (SSSR count). The van der Waals surface area contributed by atoms with Crippen LogP contribution in [0.1, 0.15) is 62.9 Å². The monoisotopic (exact) mass is 757 g/mol. The largest absolute Gasteiger partial charge is 0.489 e. The first-order valence-electron chi connectivity index (χ1n) is 17.2. The smallest absolute Gasteiger partial charge is 0.431 e. The molecule has 4 aromatic rings. The summed E-state index contributed by atoms with van der Waals surface area (Å²) in [5.74, 6) is 1.08. The Balaban J connectivity index is 0.000000372. The molecule has 14 heteroatoms. The van der Waals surface area contributed by atoms with Crippen LogP contribution in [0.2, 0.25) is 0 Å². The zero-order chi connectivity index (χ0) is 39.1. The second-order valence-electron chi connectivity index (χ2n) is 11.9. The fourth-order valence-corrected chi connectivity index (χ4v) is 5.93. The molecule has 286 valence electrons. The number of methoxy groups -OCH3 is 1. The van der Waals surface area contributed by atoms with Crippen molar-refractivity contribution in [2.24, 2.45) is 7.05 Å². The molecule has 1 heterocycles. The maximum absolute atomic E-state index is 13.1. The van der Waals surface area contributed by atoms with Crippen LogP contribution in [0.3, 0.4) is 0 Å². The molecular formula is C39H46F3N3O7S. The highest BCUT2D eigenvalue weighted by Crippen LogP contribution is 2.28. The molecule has 0 bridgehead atoms. The number of aromatic nitrogens is 2. The predicted octanol–water partition coefficient (Wildman–Crippen LogP) is 7.80. The fraction of sp³-hybridized carbons (Fsp3) is 0.385. The van der Waals surface area contributed by atoms with Gasteiger partial charge in [-0.15, -0.1) is 0 Å². The normalized spacial score (nSPS) is 11.6. The Bertz CT molecular complexity index is 1910. The van der Waals surface area contributed by atoms with Gasteiger partial charge in [0.1, 0.15) is 23.8 Å². The molecule has 1 amide bonds. The van der Waals surface area contributed by atoms with Crippen LogP contribution in [0.4, 0.5) is 18.0 Å². The van der Waals surface area contributed by atoms with E-state index in [1.807, 2.05) is 48.2 Å². The molecule has 0 fully saturated rings. The Labute approximate surface area is 311 Å². The molecule has 0 N–H and O–H groups in total. The van der Waals surface area contributed by atoms with Gasteiger partial charge < -0.3 is 19.1 Å². The zero-order valence-corrected chi connectivity index (χ0v) is 31.6. The van der Waals surface area contributed by atoms with Crippen LogP contribution in [-0.2, 0) is 41.5 Å². The van der Waals surface area contributed by atoms with E-state index < -0.39 is 35.2 Å². The van der Waals surface area contributed by atoms with Crippen LogP contribution in [0.15, 0.2) is 88.5 Å². The minimum atomic E-state index is -4.84. The second kappa shape index (κ2) is 20.3. The van der Waals surface area contributed by atoms with Crippen LogP contribution in [0.25, 0.3) is 5.69 Å². The van der Waals surface area contributed by atoms with Crippen LogP contribution in [0, 0.1) is 0 Å². The summed E-state index contributed by atoms with van der Waals surface area (Å²) >= 11 is 1.40. The molecule has 53 heavy (non-hydrogen) atoms. The Morgan fingerprint density at radius 3 is 2.09 bits per heavy atom. The van der Waals surface area contributed by atoms with E-state index in [0.717, 1.165) is 50.7 Å². The number of hydrogen-bond donors (Lipinski definition) is 0. The van der Waals surface area contributed by atoms with Crippen molar-refractivity contribution in [1.82, 2.24) is 14.0 Å². The van der Waals surface area contributed by atoms with Crippen LogP contribution in [-0.4, -0.2) is 51.5 Å². The van der Waals surface area contributed by atoms with Gasteiger partial charge in [0.2, 0.25) is 0 Å². The SMILES string of the molecule is CCCN(CCC)C(=O)SCc1ccccc1.CCc1ccc(COc2ccc(-n3c(=O)cc(C(F)(F)F)n(C)c3=O)cc2)c(OC(C)C(=O)OC)c1. The number of alkyl halides is 3. The van der Waals surface area contributed by atoms with E-state index in [1.54, 1.807) is 6.92 Å². The van der Waals surface area contributed by atoms with Gasteiger partial charge in [-0.1, -0.05) is 75.0 Å². The molecule has 0 aliphatic rings. The number of benzene rings is 3. The summed E-state index contributed by atoms with van der Waals surface area (Å²) in [7, 11) is 2.22. The van der Waals surface area contributed by atoms with Crippen molar-refractivity contribution < 1.29 is 37.0 Å². The van der Waals surface area contributed by atoms with E-state index in [-0.39, 0.29) is 17.5 Å². The van der Waals surface area contributed by atoms with Crippen molar-refractivity contribution in [3.8, 4) is 17.2 Å². The third kappa shape index (κ3) is 12.3. The van der Waals surface area contributed by atoms with Gasteiger partial charge in [-0.2, -0.15) is 13.2 Å². The molecule has 0 spiro atoms. The number of rotatable bonds is 14. The van der Waals surface area contributed by atoms with Gasteiger partial charge in [0.25, 0.3) is 10.8 Å². The Hall–Kier alpha value is -4.98. The topological polar surface area (TPSA) is 109 Å². The van der Waals surface area contributed by atoms with Crippen molar-refractivity contribution in [2.45, 2.75) is 71.6 Å². The van der Waals surface area contributed by atoms with Gasteiger partial charge in [-0.3, -0.25) is 14.2 Å². The lowest BCUT2D eigenvalue weighted by atomic mass is 10.1. The summed E-state index contributed by atoms with van der Waals surface area (Å²) < 4.78 is 56.5. The number of thioether (sulfide) groups is 1. The Morgan fingerprint density at radius 2 is 1.53 bits per heavy atom. The van der Waals surface area contributed by atoms with E-state index in [2.05, 4.69) is 26.0 Å². The minimum absolute atomic E-state index is 0.0779. The minimum Gasteiger partial charge on any atom is -0.489 e. The lowest BCUT2D eigenvalue weighted by Crippen LogP contribution is -2.40. The van der Waals surface area contributed by atoms with Crippen molar-refractivity contribution in [3.63, 3.8) is 0 Å². The van der Waals surface area contributed by atoms with Gasteiger partial charge in [0.15, 0.2) is 6.10 Å². The average molecular weight is 758 g/mol. The van der Waals surface area contributed by atoms with Crippen LogP contribution < -0.4 is 20.7 Å². The van der Waals surface area contributed by atoms with Gasteiger partial charge in [0, 0.05) is 37.5 Å². The Morgan fingerprint density at radius 1 is 0.887 bits per heavy atom. The lowest BCUT2D eigenvalue weighted by molar-refractivity contribution is -0.148. The molecule has 0 radical (unpaired) electrons. The summed E-state index contributed by atoms with van der Waals surface area (Å²) in [6, 6.07) is 21.8. The molecule has 0 saturated heterocycles. The van der Waals surface area contributed by atoms with Crippen molar-refractivity contribution in [1.29, 1.82) is 0 Å². The molecule has 0 aliphatic heterocycles. The number of halogens is 3. The highest BCUT2D eigenvalue weighted by Gasteiger charge is 2.35. The van der Waals surface area contributed by atoms with Gasteiger partial charge in [0.05, 0.1) is 12.8 Å². The summed E-state index contributed by atoms with van der Waals surface area (Å²) in [6.45, 7) is 9.59. The third-order valence-corrected chi connectivity index (χ3v) is 8.91. The van der Waals surface area contributed by atoms with Crippen LogP contribution in [0.5, 0.6) is 11.5 Å². The first-order valence-corrected chi connectivity index (χ1v) is 18.2. The van der Waals surface area contributed by atoms with Crippen LogP contribution >= 0.6 is 11.8 Å². The number of nitrogens with zero attached hydrogens (tertiary/aromatic N) is 3. The highest BCUT2D eigenvalue weighted by molar-refractivity contribution is 8.12. The highest BCUT2D eigenvalue weighted by atomic mass is 32.2. The lowest BCUT2D eigenvalue weighted by Gasteiger charge is -2.20. The fourth-order valence-electron chi connectivity index (χ4n) is 5.08. The van der Waals surface area contributed by atoms with Crippen molar-refractivity contribution in [2.75, 3.05) is 20.2 Å². The molecule has 10 nitrogen and oxygen atoms in total. The molecule has 1 atom stereocenters. The van der Waals surface area contributed by atoms with Gasteiger partial charge >= 0.3 is 17.8 Å². The first-order chi connectivity index (χ1) is 25.2. The maximum Gasteiger partial charge on any atom is 0.431 e. The number of hydrogen-bond acceptors (Lipinski definition) is 8. The second-order valence-corrected chi connectivity index (χ2v) is 12.9. The number of carbonyl (C=O) groups excluding carboxylic acids is 2. The van der Waals surface area contributed by atoms with E-state index in [0.29, 0.717) is 32.3 Å². The first kappa shape index (κ1) is 42.4. The predicted molar refractivity (Wildman–Crippen MR) is 200 cm³/mol. The zero-order valence-electron chi connectivity index (χ0n) is 30.8. The third-order valence-electron chi connectivity index (χ3n) is 7.93. The maximum atomic E-state index is 13.1. The molecule has 3 aromatic carbocycles. The van der Waals surface area contributed by atoms with E-state index in [4.69, 9.17) is 14.2 Å². The number of carbonyl (C=O) groups is 2. The molecule has 0 aliphatic carbocycles. The number of amides is 1. The van der Waals surface area contributed by atoms with Gasteiger partial charge in [-0.05, 0) is 67.6 Å². The van der Waals surface area contributed by atoms with Crippen molar-refractivity contribution >= 4 is 23.0 Å². The quantitative estimate of drug-likeness (QED) is 0.120. The molecule has 0 saturated carbocycles. The van der Waals surface area contributed by atoms with E-state index in [9.17, 15) is 32.3 Å². The molecular weight excluding hydrogens is 712 g/mol. The Kier molecular flexibility index (Phi) is 16.3. The summed E-state index contributed by atoms with van der Waals surface area (Å²) in [5, 5.41) is 0.206. The molecule has 1 unspecified atom stereocenters.